The highest BCUT2D eigenvalue weighted by Crippen LogP contribution is 2.40. The molecule has 3 atom stereocenters. The quantitative estimate of drug-likeness (QED) is 0.423. The Morgan fingerprint density at radius 2 is 1.97 bits per heavy atom. The minimum Gasteiger partial charge on any atom is -0.491 e. The Kier molecular flexibility index (Phi) is 8.43. The van der Waals surface area contributed by atoms with Gasteiger partial charge in [0, 0.05) is 31.5 Å². The van der Waals surface area contributed by atoms with Crippen LogP contribution in [-0.2, 0) is 20.7 Å². The summed E-state index contributed by atoms with van der Waals surface area (Å²) in [6.07, 6.45) is 3.77. The van der Waals surface area contributed by atoms with E-state index >= 15 is 0 Å². The van der Waals surface area contributed by atoms with Crippen molar-refractivity contribution in [1.82, 2.24) is 9.88 Å². The molecular weight excluding hydrogens is 372 g/mol. The summed E-state index contributed by atoms with van der Waals surface area (Å²) < 4.78 is 17.1. The smallest absolute Gasteiger partial charge is 0.259 e. The van der Waals surface area contributed by atoms with E-state index < -0.39 is 5.60 Å². The lowest BCUT2D eigenvalue weighted by Gasteiger charge is -2.55. The minimum absolute atomic E-state index is 0.00121. The number of hydrogen-bond donors (Lipinski definition) is 1. The van der Waals surface area contributed by atoms with Crippen LogP contribution in [0.4, 0.5) is 0 Å². The molecular formula is C22H36N2O5. The first-order valence-corrected chi connectivity index (χ1v) is 10.4. The van der Waals surface area contributed by atoms with E-state index in [4.69, 9.17) is 14.2 Å². The Labute approximate surface area is 174 Å². The van der Waals surface area contributed by atoms with E-state index in [1.54, 1.807) is 6.20 Å². The Balaban J connectivity index is 2.24. The van der Waals surface area contributed by atoms with Crippen molar-refractivity contribution >= 4 is 5.91 Å². The normalized spacial score (nSPS) is 22.9. The van der Waals surface area contributed by atoms with Gasteiger partial charge in [0.2, 0.25) is 0 Å². The molecule has 0 aromatic carbocycles. The molecule has 164 valence electrons. The number of pyridine rings is 1. The van der Waals surface area contributed by atoms with Crippen LogP contribution in [0.15, 0.2) is 18.3 Å². The van der Waals surface area contributed by atoms with E-state index in [1.165, 1.54) is 12.0 Å². The van der Waals surface area contributed by atoms with Gasteiger partial charge in [-0.2, -0.15) is 0 Å². The van der Waals surface area contributed by atoms with Gasteiger partial charge in [-0.25, -0.2) is 0 Å². The first kappa shape index (κ1) is 23.6. The lowest BCUT2D eigenvalue weighted by molar-refractivity contribution is -0.233. The number of hydrogen-bond acceptors (Lipinski definition) is 6. The van der Waals surface area contributed by atoms with Crippen LogP contribution in [-0.4, -0.2) is 59.3 Å². The summed E-state index contributed by atoms with van der Waals surface area (Å²) >= 11 is 0. The molecule has 1 N–H and O–H groups in total. The van der Waals surface area contributed by atoms with Crippen molar-refractivity contribution in [1.29, 1.82) is 0 Å². The molecule has 1 fully saturated rings. The molecule has 0 unspecified atom stereocenters. The second-order valence-electron chi connectivity index (χ2n) is 8.72. The van der Waals surface area contributed by atoms with Crippen molar-refractivity contribution < 1.29 is 24.1 Å². The third-order valence-electron chi connectivity index (χ3n) is 5.19. The molecule has 1 saturated heterocycles. The molecule has 0 saturated carbocycles. The van der Waals surface area contributed by atoms with Gasteiger partial charge < -0.3 is 24.2 Å². The zero-order valence-corrected chi connectivity index (χ0v) is 18.6. The molecule has 0 aliphatic carbocycles. The summed E-state index contributed by atoms with van der Waals surface area (Å²) in [6, 6.07) is 3.47. The van der Waals surface area contributed by atoms with Gasteiger partial charge in [-0.15, -0.1) is 0 Å². The molecule has 1 aromatic rings. The van der Waals surface area contributed by atoms with Crippen LogP contribution in [0.1, 0.15) is 53.2 Å². The number of β-lactam (4-membered cyclic amide) rings is 1. The molecule has 1 aliphatic heterocycles. The van der Waals surface area contributed by atoms with Crippen LogP contribution in [0.2, 0.25) is 0 Å². The maximum absolute atomic E-state index is 12.9. The summed E-state index contributed by atoms with van der Waals surface area (Å²) in [5, 5.41) is 9.66. The van der Waals surface area contributed by atoms with Gasteiger partial charge in [0.05, 0.1) is 12.1 Å². The lowest BCUT2D eigenvalue weighted by atomic mass is 9.75. The maximum Gasteiger partial charge on any atom is 0.259 e. The molecule has 29 heavy (non-hydrogen) atoms. The molecule has 2 rings (SSSR count). The highest BCUT2D eigenvalue weighted by molar-refractivity contribution is 5.93. The molecule has 7 nitrogen and oxygen atoms in total. The highest BCUT2D eigenvalue weighted by Gasteiger charge is 2.61. The molecule has 0 bridgehead atoms. The largest absolute Gasteiger partial charge is 0.491 e. The molecule has 0 spiro atoms. The van der Waals surface area contributed by atoms with Gasteiger partial charge in [0.15, 0.2) is 5.60 Å². The number of likely N-dealkylation sites (tertiary alicyclic amines) is 1. The van der Waals surface area contributed by atoms with Gasteiger partial charge in [-0.3, -0.25) is 9.78 Å². The molecule has 2 heterocycles. The third-order valence-corrected chi connectivity index (χ3v) is 5.19. The van der Waals surface area contributed by atoms with E-state index in [-0.39, 0.29) is 31.6 Å². The Morgan fingerprint density at radius 3 is 2.55 bits per heavy atom. The van der Waals surface area contributed by atoms with Gasteiger partial charge in [-0.05, 0) is 37.7 Å². The van der Waals surface area contributed by atoms with Crippen LogP contribution in [0.5, 0.6) is 5.75 Å². The summed E-state index contributed by atoms with van der Waals surface area (Å²) in [5.41, 5.74) is -0.368. The first-order valence-electron chi connectivity index (χ1n) is 10.4. The maximum atomic E-state index is 12.9. The van der Waals surface area contributed by atoms with Crippen LogP contribution in [0.25, 0.3) is 0 Å². The molecule has 1 aromatic heterocycles. The van der Waals surface area contributed by atoms with Crippen molar-refractivity contribution in [2.24, 2.45) is 11.8 Å². The van der Waals surface area contributed by atoms with Crippen LogP contribution in [0.3, 0.4) is 0 Å². The predicted molar refractivity (Wildman–Crippen MR) is 110 cm³/mol. The van der Waals surface area contributed by atoms with E-state index in [9.17, 15) is 9.90 Å². The lowest BCUT2D eigenvalue weighted by Crippen LogP contribution is -2.76. The van der Waals surface area contributed by atoms with E-state index in [0.29, 0.717) is 18.3 Å². The molecule has 0 radical (unpaired) electrons. The van der Waals surface area contributed by atoms with E-state index in [0.717, 1.165) is 24.3 Å². The number of aliphatic hydroxyl groups is 1. The number of methoxy groups -OCH3 is 1. The van der Waals surface area contributed by atoms with Crippen LogP contribution < -0.4 is 4.74 Å². The average Bonchev–Trinajstić information content (AvgIpc) is 2.64. The number of amides is 1. The fourth-order valence-electron chi connectivity index (χ4n) is 4.05. The number of carbonyl (C=O) groups excluding carboxylic acids is 1. The van der Waals surface area contributed by atoms with Gasteiger partial charge >= 0.3 is 0 Å². The Bertz CT molecular complexity index is 666. The Hall–Kier alpha value is -1.70. The fraction of sp³-hybridized carbons (Fsp3) is 0.727. The third kappa shape index (κ3) is 5.68. The van der Waals surface area contributed by atoms with Gasteiger partial charge in [-0.1, -0.05) is 27.7 Å². The second-order valence-corrected chi connectivity index (χ2v) is 8.72. The van der Waals surface area contributed by atoms with Crippen LogP contribution in [0, 0.1) is 11.8 Å². The van der Waals surface area contributed by atoms with Gasteiger partial charge in [0.1, 0.15) is 19.3 Å². The SMILES string of the molecule is COCO[C@@]1(Cc2cc(O[C@H](C)CC(C)C)ccn2)C(=O)N(CO)[C@H]1CC(C)C. The standard InChI is InChI=1S/C22H36N2O5/c1-15(2)9-17(5)29-19-7-8-23-18(11-19)12-22(28-14-27-6)20(10-16(3)4)24(13-25)21(22)26/h7-8,11,15-17,20,25H,9-10,12-14H2,1-6H3/t17-,20+,22-/m1/s1. The highest BCUT2D eigenvalue weighted by atomic mass is 16.7. The Morgan fingerprint density at radius 1 is 1.24 bits per heavy atom. The zero-order valence-electron chi connectivity index (χ0n) is 18.6. The first-order chi connectivity index (χ1) is 13.7. The van der Waals surface area contributed by atoms with Crippen molar-refractivity contribution in [3.63, 3.8) is 0 Å². The summed E-state index contributed by atoms with van der Waals surface area (Å²) in [4.78, 5) is 18.8. The van der Waals surface area contributed by atoms with Crippen molar-refractivity contribution in [2.45, 2.75) is 71.6 Å². The minimum atomic E-state index is -1.09. The zero-order chi connectivity index (χ0) is 21.6. The van der Waals surface area contributed by atoms with Gasteiger partial charge in [0.25, 0.3) is 5.91 Å². The number of rotatable bonds is 12. The monoisotopic (exact) mass is 408 g/mol. The van der Waals surface area contributed by atoms with E-state index in [1.807, 2.05) is 12.1 Å². The van der Waals surface area contributed by atoms with Crippen molar-refractivity contribution in [3.8, 4) is 5.75 Å². The topological polar surface area (TPSA) is 81.1 Å². The fourth-order valence-corrected chi connectivity index (χ4v) is 4.05. The molecule has 7 heteroatoms. The number of aromatic nitrogens is 1. The number of aliphatic hydroxyl groups excluding tert-OH is 1. The van der Waals surface area contributed by atoms with Crippen molar-refractivity contribution in [3.05, 3.63) is 24.0 Å². The molecule has 1 aliphatic rings. The summed E-state index contributed by atoms with van der Waals surface area (Å²) in [6.45, 7) is 10.2. The number of nitrogens with zero attached hydrogens (tertiary/aromatic N) is 2. The predicted octanol–water partition coefficient (Wildman–Crippen LogP) is 3.00. The summed E-state index contributed by atoms with van der Waals surface area (Å²) in [7, 11) is 1.53. The van der Waals surface area contributed by atoms with Crippen LogP contribution >= 0.6 is 0 Å². The van der Waals surface area contributed by atoms with E-state index in [2.05, 4.69) is 39.6 Å². The van der Waals surface area contributed by atoms with Crippen molar-refractivity contribution in [2.75, 3.05) is 20.6 Å². The number of ether oxygens (including phenoxy) is 3. The average molecular weight is 409 g/mol. The summed E-state index contributed by atoms with van der Waals surface area (Å²) in [5.74, 6) is 1.39. The second kappa shape index (κ2) is 10.4. The molecule has 1 amide bonds. The number of carbonyl (C=O) groups is 1.